The van der Waals surface area contributed by atoms with Crippen LogP contribution in [0.1, 0.15) is 35.5 Å². The van der Waals surface area contributed by atoms with Gasteiger partial charge in [-0.05, 0) is 18.9 Å². The van der Waals surface area contributed by atoms with Gasteiger partial charge in [0.2, 0.25) is 5.89 Å². The normalized spacial score (nSPS) is 19.8. The molecule has 0 aliphatic carbocycles. The van der Waals surface area contributed by atoms with Gasteiger partial charge in [-0.3, -0.25) is 9.59 Å². The molecule has 1 aromatic heterocycles. The van der Waals surface area contributed by atoms with Gasteiger partial charge >= 0.3 is 17.8 Å². The maximum absolute atomic E-state index is 12.7. The molecular weight excluding hydrogens is 334 g/mol. The summed E-state index contributed by atoms with van der Waals surface area (Å²) in [6.45, 7) is 2.52. The van der Waals surface area contributed by atoms with Crippen molar-refractivity contribution < 1.29 is 18.7 Å². The number of carbonyl (C=O) groups excluding carboxylic acids is 2. The Kier molecular flexibility index (Phi) is 5.16. The van der Waals surface area contributed by atoms with E-state index in [1.54, 1.807) is 4.90 Å². The minimum Gasteiger partial charge on any atom is -0.468 e. The number of likely N-dealkylation sites (tertiary alicyclic amines) is 1. The summed E-state index contributed by atoms with van der Waals surface area (Å²) < 4.78 is 10.5. The first-order chi connectivity index (χ1) is 12.6. The predicted octanol–water partition coefficient (Wildman–Crippen LogP) is 2.15. The van der Waals surface area contributed by atoms with Crippen LogP contribution in [0.2, 0.25) is 0 Å². The van der Waals surface area contributed by atoms with Crippen molar-refractivity contribution in [1.29, 1.82) is 0 Å². The quantitative estimate of drug-likeness (QED) is 0.603. The summed E-state index contributed by atoms with van der Waals surface area (Å²) in [6.07, 6.45) is 4.70. The monoisotopic (exact) mass is 355 g/mol. The lowest BCUT2D eigenvalue weighted by Gasteiger charge is -2.26. The molecule has 26 heavy (non-hydrogen) atoms. The van der Waals surface area contributed by atoms with E-state index in [4.69, 9.17) is 9.15 Å². The van der Waals surface area contributed by atoms with Crippen molar-refractivity contribution in [3.05, 3.63) is 59.8 Å². The predicted molar refractivity (Wildman–Crippen MR) is 93.5 cm³/mol. The van der Waals surface area contributed by atoms with E-state index in [9.17, 15) is 9.59 Å². The van der Waals surface area contributed by atoms with Crippen LogP contribution in [-0.2, 0) is 21.4 Å². The van der Waals surface area contributed by atoms with E-state index in [1.807, 2.05) is 49.4 Å². The maximum atomic E-state index is 12.7. The Hall–Kier alpha value is -2.96. The largest absolute Gasteiger partial charge is 0.468 e. The van der Waals surface area contributed by atoms with Crippen LogP contribution >= 0.6 is 0 Å². The van der Waals surface area contributed by atoms with Crippen LogP contribution < -0.4 is 0 Å². The Morgan fingerprint density at radius 3 is 2.77 bits per heavy atom. The van der Waals surface area contributed by atoms with Crippen molar-refractivity contribution in [2.75, 3.05) is 20.2 Å². The summed E-state index contributed by atoms with van der Waals surface area (Å²) in [5.41, 5.74) is -0.0408. The maximum Gasteiger partial charge on any atom is 0.318 e. The highest BCUT2D eigenvalue weighted by molar-refractivity contribution is 5.92. The van der Waals surface area contributed by atoms with Crippen molar-refractivity contribution in [3.63, 3.8) is 0 Å². The molecule has 2 heterocycles. The molecule has 7 heteroatoms. The fraction of sp³-hybridized carbons (Fsp3) is 0.368. The zero-order chi connectivity index (χ0) is 18.6. The van der Waals surface area contributed by atoms with E-state index in [1.165, 1.54) is 7.11 Å². The number of amides is 1. The van der Waals surface area contributed by atoms with Crippen LogP contribution in [0.4, 0.5) is 0 Å². The Bertz CT molecular complexity index is 815. The van der Waals surface area contributed by atoms with Gasteiger partial charge in [-0.2, -0.15) is 0 Å². The Morgan fingerprint density at radius 2 is 2.08 bits per heavy atom. The first-order valence-electron chi connectivity index (χ1n) is 8.47. The third-order valence-electron chi connectivity index (χ3n) is 4.64. The summed E-state index contributed by atoms with van der Waals surface area (Å²) in [6, 6.07) is 9.39. The molecule has 136 valence electrons. The molecular formula is C19H21N3O4. The second-order valence-electron chi connectivity index (χ2n) is 6.19. The van der Waals surface area contributed by atoms with Gasteiger partial charge in [0.1, 0.15) is 5.41 Å². The first kappa shape index (κ1) is 17.8. The Morgan fingerprint density at radius 1 is 1.31 bits per heavy atom. The standard InChI is InChI=1S/C19H21N3O4/c1-3-4-10-15-20-21-16(26-15)17(23)22-12-11-19(13-22,18(24)25-2)14-8-6-5-7-9-14/h3-9H,10-13H2,1-2H3/b4-3+/t19-/m0/s1. The summed E-state index contributed by atoms with van der Waals surface area (Å²) in [5.74, 6) is -0.393. The van der Waals surface area contributed by atoms with Crippen LogP contribution in [-0.4, -0.2) is 47.2 Å². The highest BCUT2D eigenvalue weighted by Gasteiger charge is 2.49. The van der Waals surface area contributed by atoms with Crippen LogP contribution in [0.3, 0.4) is 0 Å². The zero-order valence-electron chi connectivity index (χ0n) is 14.8. The van der Waals surface area contributed by atoms with E-state index in [0.29, 0.717) is 25.3 Å². The highest BCUT2D eigenvalue weighted by Crippen LogP contribution is 2.36. The molecule has 0 unspecified atom stereocenters. The third kappa shape index (κ3) is 3.24. The summed E-state index contributed by atoms with van der Waals surface area (Å²) in [5, 5.41) is 7.73. The van der Waals surface area contributed by atoms with Crippen LogP contribution in [0, 0.1) is 0 Å². The van der Waals surface area contributed by atoms with Gasteiger partial charge in [0.05, 0.1) is 7.11 Å². The van der Waals surface area contributed by atoms with Crippen LogP contribution in [0.5, 0.6) is 0 Å². The lowest BCUT2D eigenvalue weighted by Crippen LogP contribution is -2.41. The average molecular weight is 355 g/mol. The molecule has 1 aliphatic rings. The van der Waals surface area contributed by atoms with Gasteiger partial charge in [-0.25, -0.2) is 0 Å². The van der Waals surface area contributed by atoms with E-state index in [-0.39, 0.29) is 24.3 Å². The summed E-state index contributed by atoms with van der Waals surface area (Å²) in [4.78, 5) is 26.8. The molecule has 1 saturated heterocycles. The Labute approximate surface area is 151 Å². The molecule has 1 aliphatic heterocycles. The number of aromatic nitrogens is 2. The fourth-order valence-corrected chi connectivity index (χ4v) is 3.23. The smallest absolute Gasteiger partial charge is 0.318 e. The van der Waals surface area contributed by atoms with Crippen LogP contribution in [0.15, 0.2) is 46.9 Å². The molecule has 0 N–H and O–H groups in total. The number of esters is 1. The van der Waals surface area contributed by atoms with Gasteiger partial charge in [0.25, 0.3) is 0 Å². The zero-order valence-corrected chi connectivity index (χ0v) is 14.8. The number of carbonyl (C=O) groups is 2. The summed E-state index contributed by atoms with van der Waals surface area (Å²) >= 11 is 0. The number of ether oxygens (including phenoxy) is 1. The molecule has 7 nitrogen and oxygen atoms in total. The SMILES string of the molecule is C/C=C/Cc1nnc(C(=O)N2CC[C@@](C(=O)OC)(c3ccccc3)C2)o1. The minimum absolute atomic E-state index is 0.0572. The van der Waals surface area contributed by atoms with E-state index in [2.05, 4.69) is 10.2 Å². The number of benzene rings is 1. The second kappa shape index (κ2) is 7.51. The molecule has 0 spiro atoms. The molecule has 1 amide bonds. The number of rotatable bonds is 5. The molecule has 0 radical (unpaired) electrons. The third-order valence-corrected chi connectivity index (χ3v) is 4.64. The van der Waals surface area contributed by atoms with Gasteiger partial charge in [0, 0.05) is 19.5 Å². The number of allylic oxidation sites excluding steroid dienone is 2. The molecule has 3 rings (SSSR count). The number of nitrogens with zero attached hydrogens (tertiary/aromatic N) is 3. The average Bonchev–Trinajstić information content (AvgIpc) is 3.34. The van der Waals surface area contributed by atoms with Crippen LogP contribution in [0.25, 0.3) is 0 Å². The summed E-state index contributed by atoms with van der Waals surface area (Å²) in [7, 11) is 1.36. The molecule has 0 bridgehead atoms. The van der Waals surface area contributed by atoms with Gasteiger partial charge in [0.15, 0.2) is 0 Å². The van der Waals surface area contributed by atoms with Crippen molar-refractivity contribution >= 4 is 11.9 Å². The topological polar surface area (TPSA) is 85.5 Å². The molecule has 1 fully saturated rings. The van der Waals surface area contributed by atoms with Crippen molar-refractivity contribution in [2.24, 2.45) is 0 Å². The number of methoxy groups -OCH3 is 1. The van der Waals surface area contributed by atoms with Crippen molar-refractivity contribution in [3.8, 4) is 0 Å². The minimum atomic E-state index is -0.876. The number of hydrogen-bond donors (Lipinski definition) is 0. The molecule has 1 aromatic carbocycles. The molecule has 2 aromatic rings. The Balaban J connectivity index is 1.82. The molecule has 0 saturated carbocycles. The van der Waals surface area contributed by atoms with Gasteiger partial charge < -0.3 is 14.1 Å². The highest BCUT2D eigenvalue weighted by atomic mass is 16.5. The van der Waals surface area contributed by atoms with E-state index < -0.39 is 5.41 Å². The number of hydrogen-bond acceptors (Lipinski definition) is 6. The first-order valence-corrected chi connectivity index (χ1v) is 8.47. The van der Waals surface area contributed by atoms with Crippen molar-refractivity contribution in [1.82, 2.24) is 15.1 Å². The van der Waals surface area contributed by atoms with Gasteiger partial charge in [-0.1, -0.05) is 42.5 Å². The second-order valence-corrected chi connectivity index (χ2v) is 6.19. The molecule has 1 atom stereocenters. The van der Waals surface area contributed by atoms with E-state index >= 15 is 0 Å². The van der Waals surface area contributed by atoms with Crippen molar-refractivity contribution in [2.45, 2.75) is 25.2 Å². The van der Waals surface area contributed by atoms with E-state index in [0.717, 1.165) is 5.56 Å². The van der Waals surface area contributed by atoms with Gasteiger partial charge in [-0.15, -0.1) is 10.2 Å². The lowest BCUT2D eigenvalue weighted by atomic mass is 9.79. The lowest BCUT2D eigenvalue weighted by molar-refractivity contribution is -0.147. The fourth-order valence-electron chi connectivity index (χ4n) is 3.23.